The molecule has 5 N–H and O–H groups in total. The number of imide groups is 1. The van der Waals surface area contributed by atoms with Crippen molar-refractivity contribution in [2.75, 3.05) is 26.3 Å². The number of aliphatic hydroxyl groups is 2. The number of carbonyl (C=O) groups excluding carboxylic acids is 2. The zero-order valence-electron chi connectivity index (χ0n) is 7.06. The standard InChI is InChI=1S/C6H13N3O4/c7-5(12)9(2-4-11)6(13)8-1-3-10/h10-11H,1-4H2,(H2,7,12)(H,8,13). The molecular weight excluding hydrogens is 178 g/mol. The third kappa shape index (κ3) is 4.28. The van der Waals surface area contributed by atoms with E-state index in [1.165, 1.54) is 0 Å². The molecular formula is C6H13N3O4. The summed E-state index contributed by atoms with van der Waals surface area (Å²) in [6, 6.07) is -1.67. The topological polar surface area (TPSA) is 116 Å². The fourth-order valence-corrected chi connectivity index (χ4v) is 0.670. The van der Waals surface area contributed by atoms with Crippen molar-refractivity contribution in [3.63, 3.8) is 0 Å². The van der Waals surface area contributed by atoms with Crippen LogP contribution < -0.4 is 11.1 Å². The van der Waals surface area contributed by atoms with Gasteiger partial charge in [0.15, 0.2) is 0 Å². The van der Waals surface area contributed by atoms with Crippen LogP contribution in [0.2, 0.25) is 0 Å². The fraction of sp³-hybridized carbons (Fsp3) is 0.667. The lowest BCUT2D eigenvalue weighted by atomic mass is 10.5. The number of primary amides is 1. The average Bonchev–Trinajstić information content (AvgIpc) is 2.09. The van der Waals surface area contributed by atoms with E-state index in [9.17, 15) is 9.59 Å². The van der Waals surface area contributed by atoms with Crippen LogP contribution in [0.15, 0.2) is 0 Å². The lowest BCUT2D eigenvalue weighted by Crippen LogP contribution is -2.48. The zero-order chi connectivity index (χ0) is 10.3. The molecule has 0 saturated heterocycles. The molecule has 0 unspecified atom stereocenters. The van der Waals surface area contributed by atoms with E-state index in [4.69, 9.17) is 15.9 Å². The highest BCUT2D eigenvalue weighted by atomic mass is 16.3. The molecule has 0 radical (unpaired) electrons. The van der Waals surface area contributed by atoms with Gasteiger partial charge < -0.3 is 21.3 Å². The van der Waals surface area contributed by atoms with E-state index in [1.807, 2.05) is 0 Å². The number of nitrogens with zero attached hydrogens (tertiary/aromatic N) is 1. The molecule has 0 saturated carbocycles. The Morgan fingerprint density at radius 2 is 1.92 bits per heavy atom. The largest absolute Gasteiger partial charge is 0.395 e. The Bertz CT molecular complexity index is 185. The highest BCUT2D eigenvalue weighted by Gasteiger charge is 2.16. The molecule has 0 aliphatic rings. The second-order valence-corrected chi connectivity index (χ2v) is 2.17. The number of nitrogens with two attached hydrogens (primary N) is 1. The van der Waals surface area contributed by atoms with E-state index >= 15 is 0 Å². The van der Waals surface area contributed by atoms with Crippen LogP contribution in [0.25, 0.3) is 0 Å². The van der Waals surface area contributed by atoms with Gasteiger partial charge in [0.05, 0.1) is 19.8 Å². The molecule has 13 heavy (non-hydrogen) atoms. The van der Waals surface area contributed by atoms with Crippen LogP contribution >= 0.6 is 0 Å². The van der Waals surface area contributed by atoms with Gasteiger partial charge >= 0.3 is 12.1 Å². The molecule has 0 aromatic rings. The van der Waals surface area contributed by atoms with Crippen LogP contribution in [0.5, 0.6) is 0 Å². The van der Waals surface area contributed by atoms with E-state index in [0.29, 0.717) is 4.90 Å². The molecule has 0 bridgehead atoms. The molecule has 0 aliphatic heterocycles. The summed E-state index contributed by atoms with van der Waals surface area (Å²) in [6.07, 6.45) is 0. The van der Waals surface area contributed by atoms with Crippen molar-refractivity contribution in [1.82, 2.24) is 10.2 Å². The van der Waals surface area contributed by atoms with Gasteiger partial charge in [0, 0.05) is 6.54 Å². The lowest BCUT2D eigenvalue weighted by molar-refractivity contribution is 0.174. The van der Waals surface area contributed by atoms with Crippen molar-refractivity contribution < 1.29 is 19.8 Å². The van der Waals surface area contributed by atoms with Gasteiger partial charge in [0.25, 0.3) is 0 Å². The normalized spacial score (nSPS) is 9.38. The molecule has 0 heterocycles. The van der Waals surface area contributed by atoms with E-state index in [1.54, 1.807) is 0 Å². The Labute approximate surface area is 75.1 Å². The van der Waals surface area contributed by atoms with Gasteiger partial charge in [0.2, 0.25) is 0 Å². The molecule has 0 spiro atoms. The number of urea groups is 2. The maximum Gasteiger partial charge on any atom is 0.325 e. The Morgan fingerprint density at radius 1 is 1.31 bits per heavy atom. The molecule has 0 aromatic carbocycles. The number of hydrogen-bond acceptors (Lipinski definition) is 4. The van der Waals surface area contributed by atoms with Crippen LogP contribution in [0.3, 0.4) is 0 Å². The molecule has 7 nitrogen and oxygen atoms in total. The van der Waals surface area contributed by atoms with Crippen molar-refractivity contribution in [2.45, 2.75) is 0 Å². The predicted molar refractivity (Wildman–Crippen MR) is 43.9 cm³/mol. The van der Waals surface area contributed by atoms with Crippen LogP contribution in [0, 0.1) is 0 Å². The van der Waals surface area contributed by atoms with Crippen LogP contribution in [0.4, 0.5) is 9.59 Å². The van der Waals surface area contributed by atoms with Crippen LogP contribution in [-0.4, -0.2) is 53.5 Å². The SMILES string of the molecule is NC(=O)N(CCO)C(=O)NCCO. The van der Waals surface area contributed by atoms with E-state index in [-0.39, 0.29) is 26.3 Å². The van der Waals surface area contributed by atoms with Gasteiger partial charge in [-0.25, -0.2) is 14.5 Å². The molecule has 76 valence electrons. The first-order valence-corrected chi connectivity index (χ1v) is 3.70. The average molecular weight is 191 g/mol. The fourth-order valence-electron chi connectivity index (χ4n) is 0.670. The molecule has 0 aliphatic carbocycles. The minimum atomic E-state index is -0.940. The highest BCUT2D eigenvalue weighted by molar-refractivity contribution is 5.92. The second-order valence-electron chi connectivity index (χ2n) is 2.17. The second kappa shape index (κ2) is 6.21. The smallest absolute Gasteiger partial charge is 0.325 e. The van der Waals surface area contributed by atoms with Crippen LogP contribution in [-0.2, 0) is 0 Å². The third-order valence-corrected chi connectivity index (χ3v) is 1.22. The summed E-state index contributed by atoms with van der Waals surface area (Å²) in [6.45, 7) is -0.701. The Hall–Kier alpha value is -1.34. The monoisotopic (exact) mass is 191 g/mol. The van der Waals surface area contributed by atoms with E-state index < -0.39 is 12.1 Å². The Kier molecular flexibility index (Phi) is 5.57. The molecule has 0 atom stereocenters. The van der Waals surface area contributed by atoms with Gasteiger partial charge in [-0.15, -0.1) is 0 Å². The van der Waals surface area contributed by atoms with Gasteiger partial charge in [-0.1, -0.05) is 0 Å². The summed E-state index contributed by atoms with van der Waals surface area (Å²) in [5.41, 5.74) is 4.85. The molecule has 0 fully saturated rings. The number of amides is 4. The van der Waals surface area contributed by atoms with Crippen molar-refractivity contribution in [3.8, 4) is 0 Å². The van der Waals surface area contributed by atoms with Gasteiger partial charge in [-0.2, -0.15) is 0 Å². The minimum absolute atomic E-state index is 0.0358. The van der Waals surface area contributed by atoms with Gasteiger partial charge in [-0.05, 0) is 0 Å². The number of nitrogens with one attached hydrogen (secondary N) is 1. The summed E-state index contributed by atoms with van der Waals surface area (Å²) in [5.74, 6) is 0. The molecule has 0 rings (SSSR count). The first kappa shape index (κ1) is 11.7. The predicted octanol–water partition coefficient (Wildman–Crippen LogP) is -1.94. The Morgan fingerprint density at radius 3 is 2.31 bits per heavy atom. The van der Waals surface area contributed by atoms with E-state index in [2.05, 4.69) is 5.32 Å². The maximum absolute atomic E-state index is 11.0. The number of carbonyl (C=O) groups is 2. The number of rotatable bonds is 4. The van der Waals surface area contributed by atoms with Crippen molar-refractivity contribution in [1.29, 1.82) is 0 Å². The first-order valence-electron chi connectivity index (χ1n) is 3.70. The first-order chi connectivity index (χ1) is 6.13. The maximum atomic E-state index is 11.0. The van der Waals surface area contributed by atoms with Gasteiger partial charge in [-0.3, -0.25) is 0 Å². The van der Waals surface area contributed by atoms with Crippen LogP contribution in [0.1, 0.15) is 0 Å². The minimum Gasteiger partial charge on any atom is -0.395 e. The summed E-state index contributed by atoms with van der Waals surface area (Å²) >= 11 is 0. The molecule has 0 aromatic heterocycles. The summed E-state index contributed by atoms with van der Waals surface area (Å²) in [4.78, 5) is 22.3. The summed E-state index contributed by atoms with van der Waals surface area (Å²) in [5, 5.41) is 19.1. The van der Waals surface area contributed by atoms with Crippen molar-refractivity contribution in [2.24, 2.45) is 5.73 Å². The summed E-state index contributed by atoms with van der Waals surface area (Å²) < 4.78 is 0. The third-order valence-electron chi connectivity index (χ3n) is 1.22. The van der Waals surface area contributed by atoms with Crippen molar-refractivity contribution >= 4 is 12.1 Å². The number of hydrogen-bond donors (Lipinski definition) is 4. The molecule has 4 amide bonds. The lowest BCUT2D eigenvalue weighted by Gasteiger charge is -2.17. The highest BCUT2D eigenvalue weighted by Crippen LogP contribution is 1.87. The van der Waals surface area contributed by atoms with E-state index in [0.717, 1.165) is 0 Å². The summed E-state index contributed by atoms with van der Waals surface area (Å²) in [7, 11) is 0. The number of aliphatic hydroxyl groups excluding tert-OH is 2. The zero-order valence-corrected chi connectivity index (χ0v) is 7.06. The van der Waals surface area contributed by atoms with Crippen molar-refractivity contribution in [3.05, 3.63) is 0 Å². The quantitative estimate of drug-likeness (QED) is 0.413. The van der Waals surface area contributed by atoms with Gasteiger partial charge in [0.1, 0.15) is 0 Å². The Balaban J connectivity index is 4.03. The molecule has 7 heteroatoms.